The molecule has 0 saturated heterocycles. The molecule has 0 amide bonds. The summed E-state index contributed by atoms with van der Waals surface area (Å²) in [5.41, 5.74) is 0. The maximum Gasteiger partial charge on any atom is 0.423 e. The number of halogens is 17. The summed E-state index contributed by atoms with van der Waals surface area (Å²) in [7, 11) is 0. The van der Waals surface area contributed by atoms with E-state index in [1.54, 1.807) is 0 Å². The summed E-state index contributed by atoms with van der Waals surface area (Å²) < 4.78 is 222. The van der Waals surface area contributed by atoms with Crippen LogP contribution in [0, 0.1) is 0 Å². The van der Waals surface area contributed by atoms with E-state index in [1.165, 1.54) is 0 Å². The second kappa shape index (κ2) is 7.13. The summed E-state index contributed by atoms with van der Waals surface area (Å²) in [5, 5.41) is 0. The van der Waals surface area contributed by atoms with Crippen LogP contribution in [0.1, 0.15) is 6.42 Å². The van der Waals surface area contributed by atoms with Crippen LogP contribution in [-0.2, 0) is 9.47 Å². The number of rotatable bonds is 4. The fraction of sp³-hybridized carbons (Fsp3) is 1.00. The number of hydrogen-bond acceptors (Lipinski definition) is 2. The van der Waals surface area contributed by atoms with Crippen molar-refractivity contribution in [3.05, 3.63) is 0 Å². The van der Waals surface area contributed by atoms with Crippen molar-refractivity contribution in [2.75, 3.05) is 0 Å². The molecule has 1 aliphatic rings. The van der Waals surface area contributed by atoms with Gasteiger partial charge < -0.3 is 9.47 Å². The highest BCUT2D eigenvalue weighted by Gasteiger charge is 2.83. The Balaban J connectivity index is 3.40. The van der Waals surface area contributed by atoms with Gasteiger partial charge in [0.05, 0.1) is 0 Å². The first-order valence-electron chi connectivity index (χ1n) is 6.83. The minimum Gasteiger partial charge on any atom is -0.351 e. The van der Waals surface area contributed by atoms with Gasteiger partial charge in [0.25, 0.3) is 12.0 Å². The van der Waals surface area contributed by atoms with Crippen molar-refractivity contribution in [3.8, 4) is 0 Å². The van der Waals surface area contributed by atoms with Crippen LogP contribution in [0.5, 0.6) is 0 Å². The molecule has 0 spiro atoms. The average molecular weight is 492 g/mol. The van der Waals surface area contributed by atoms with Gasteiger partial charge in [0.2, 0.25) is 6.10 Å². The van der Waals surface area contributed by atoms with Crippen molar-refractivity contribution in [1.29, 1.82) is 0 Å². The molecule has 0 bridgehead atoms. The SMILES string of the molecule is FC(F)(F)C(OC1CC(F)(OC(C(F)(F)F)C(F)(F)F)C(F)(F)C1(F)F)C(F)(F)F. The lowest BCUT2D eigenvalue weighted by molar-refractivity contribution is -0.399. The van der Waals surface area contributed by atoms with E-state index in [2.05, 4.69) is 9.47 Å². The highest BCUT2D eigenvalue weighted by molar-refractivity contribution is 5.11. The Morgan fingerprint density at radius 1 is 0.600 bits per heavy atom. The lowest BCUT2D eigenvalue weighted by atomic mass is 10.1. The summed E-state index contributed by atoms with van der Waals surface area (Å²) in [6.07, 6.45) is -45.1. The average Bonchev–Trinajstić information content (AvgIpc) is 2.55. The van der Waals surface area contributed by atoms with Crippen LogP contribution in [0.3, 0.4) is 0 Å². The normalized spacial score (nSPS) is 27.9. The molecule has 19 heteroatoms. The molecular weight excluding hydrogens is 487 g/mol. The van der Waals surface area contributed by atoms with Gasteiger partial charge in [0.15, 0.2) is 0 Å². The number of alkyl halides is 17. The summed E-state index contributed by atoms with van der Waals surface area (Å²) in [6.45, 7) is 0. The van der Waals surface area contributed by atoms with E-state index in [4.69, 9.17) is 0 Å². The van der Waals surface area contributed by atoms with Crippen LogP contribution >= 0.6 is 0 Å². The number of hydrogen-bond donors (Lipinski definition) is 0. The Labute approximate surface area is 152 Å². The van der Waals surface area contributed by atoms with Gasteiger partial charge in [-0.2, -0.15) is 70.2 Å². The van der Waals surface area contributed by atoms with Crippen LogP contribution in [0.15, 0.2) is 0 Å². The Morgan fingerprint density at radius 3 is 1.23 bits per heavy atom. The quantitative estimate of drug-likeness (QED) is 0.468. The van der Waals surface area contributed by atoms with Gasteiger partial charge in [-0.15, -0.1) is 0 Å². The number of ether oxygens (including phenoxy) is 2. The second-order valence-corrected chi connectivity index (χ2v) is 5.80. The third kappa shape index (κ3) is 4.80. The molecule has 1 rings (SSSR count). The molecule has 1 fully saturated rings. The molecule has 1 aliphatic carbocycles. The summed E-state index contributed by atoms with van der Waals surface area (Å²) >= 11 is 0. The molecule has 0 radical (unpaired) electrons. The van der Waals surface area contributed by atoms with Crippen molar-refractivity contribution < 1.29 is 84.1 Å². The first-order chi connectivity index (χ1) is 12.8. The predicted octanol–water partition coefficient (Wildman–Crippen LogP) is 5.71. The summed E-state index contributed by atoms with van der Waals surface area (Å²) in [6, 6.07) is 0. The van der Waals surface area contributed by atoms with Gasteiger partial charge in [0, 0.05) is 6.42 Å². The Kier molecular flexibility index (Phi) is 6.36. The lowest BCUT2D eigenvalue weighted by Crippen LogP contribution is -2.57. The molecule has 0 aromatic rings. The van der Waals surface area contributed by atoms with E-state index in [0.717, 1.165) is 0 Å². The van der Waals surface area contributed by atoms with E-state index >= 15 is 0 Å². The second-order valence-electron chi connectivity index (χ2n) is 5.80. The molecule has 2 unspecified atom stereocenters. The summed E-state index contributed by atoms with van der Waals surface area (Å²) in [5.74, 6) is -19.2. The fourth-order valence-corrected chi connectivity index (χ4v) is 2.21. The third-order valence-corrected chi connectivity index (χ3v) is 3.53. The molecule has 30 heavy (non-hydrogen) atoms. The lowest BCUT2D eigenvalue weighted by Gasteiger charge is -2.33. The maximum atomic E-state index is 14.1. The highest BCUT2D eigenvalue weighted by Crippen LogP contribution is 2.59. The zero-order valence-corrected chi connectivity index (χ0v) is 13.2. The minimum atomic E-state index is -6.76. The van der Waals surface area contributed by atoms with E-state index in [9.17, 15) is 74.6 Å². The first-order valence-corrected chi connectivity index (χ1v) is 6.83. The van der Waals surface area contributed by atoms with Gasteiger partial charge in [-0.25, -0.2) is 4.39 Å². The highest BCUT2D eigenvalue weighted by atomic mass is 19.4. The van der Waals surface area contributed by atoms with E-state index < -0.39 is 67.1 Å². The van der Waals surface area contributed by atoms with Gasteiger partial charge in [-0.05, 0) is 0 Å². The molecule has 0 aliphatic heterocycles. The molecule has 0 aromatic heterocycles. The first kappa shape index (κ1) is 26.8. The van der Waals surface area contributed by atoms with Gasteiger partial charge in [0.1, 0.15) is 6.10 Å². The van der Waals surface area contributed by atoms with Crippen LogP contribution < -0.4 is 0 Å². The van der Waals surface area contributed by atoms with E-state index in [1.807, 2.05) is 0 Å². The molecule has 180 valence electrons. The molecule has 0 heterocycles. The van der Waals surface area contributed by atoms with Crippen LogP contribution in [0.25, 0.3) is 0 Å². The van der Waals surface area contributed by atoms with Gasteiger partial charge >= 0.3 is 36.6 Å². The fourth-order valence-electron chi connectivity index (χ4n) is 2.21. The van der Waals surface area contributed by atoms with Gasteiger partial charge in [-0.3, -0.25) is 0 Å². The Bertz CT molecular complexity index is 585. The monoisotopic (exact) mass is 492 g/mol. The van der Waals surface area contributed by atoms with E-state index in [0.29, 0.717) is 0 Å². The predicted molar refractivity (Wildman–Crippen MR) is 56.1 cm³/mol. The van der Waals surface area contributed by atoms with Crippen LogP contribution in [0.4, 0.5) is 74.6 Å². The molecule has 2 atom stereocenters. The Hall–Kier alpha value is -1.27. The standard InChI is InChI=1S/C11H5F17O2/c12-5(30-4(9(21,22)23)10(24,25)26)1-2(6(13,14)11(5,27)28)29-3(7(15,16)17)8(18,19)20/h2-4H,1H2. The third-order valence-electron chi connectivity index (χ3n) is 3.53. The molecule has 1 saturated carbocycles. The van der Waals surface area contributed by atoms with Crippen molar-refractivity contribution in [2.24, 2.45) is 0 Å². The largest absolute Gasteiger partial charge is 0.423 e. The molecular formula is C11H5F17O2. The van der Waals surface area contributed by atoms with Crippen LogP contribution in [-0.4, -0.2) is 60.7 Å². The van der Waals surface area contributed by atoms with Crippen molar-refractivity contribution in [2.45, 2.75) is 67.1 Å². The summed E-state index contributed by atoms with van der Waals surface area (Å²) in [4.78, 5) is 0. The van der Waals surface area contributed by atoms with Gasteiger partial charge in [-0.1, -0.05) is 0 Å². The molecule has 0 N–H and O–H groups in total. The zero-order chi connectivity index (χ0) is 24.4. The van der Waals surface area contributed by atoms with Crippen molar-refractivity contribution in [1.82, 2.24) is 0 Å². The van der Waals surface area contributed by atoms with E-state index in [-0.39, 0.29) is 0 Å². The Morgan fingerprint density at radius 2 is 0.933 bits per heavy atom. The molecule has 2 nitrogen and oxygen atoms in total. The van der Waals surface area contributed by atoms with Crippen LogP contribution in [0.2, 0.25) is 0 Å². The van der Waals surface area contributed by atoms with Crippen molar-refractivity contribution >= 4 is 0 Å². The smallest absolute Gasteiger partial charge is 0.351 e. The topological polar surface area (TPSA) is 18.5 Å². The molecule has 0 aromatic carbocycles. The zero-order valence-electron chi connectivity index (χ0n) is 13.2. The minimum absolute atomic E-state index is 2.47. The van der Waals surface area contributed by atoms with Crippen molar-refractivity contribution in [3.63, 3.8) is 0 Å². The maximum absolute atomic E-state index is 14.1.